The van der Waals surface area contributed by atoms with Gasteiger partial charge in [0.15, 0.2) is 0 Å². The Morgan fingerprint density at radius 2 is 0.554 bits per heavy atom. The van der Waals surface area contributed by atoms with Crippen molar-refractivity contribution in [1.29, 1.82) is 0 Å². The van der Waals surface area contributed by atoms with Crippen molar-refractivity contribution in [1.82, 2.24) is 9.13 Å². The molecule has 10 aromatic carbocycles. The molecule has 15 rings (SSSR count). The number of nitrogens with zero attached hydrogens (tertiary/aromatic N) is 2. The fraction of sp³-hybridized carbons (Fsp3) is 0. The predicted molar refractivity (Wildman–Crippen MR) is 268 cm³/mol. The van der Waals surface area contributed by atoms with E-state index in [-0.39, 0.29) is 0 Å². The van der Waals surface area contributed by atoms with E-state index < -0.39 is 0 Å². The molecule has 0 unspecified atom stereocenters. The molecule has 0 saturated heterocycles. The highest BCUT2D eigenvalue weighted by Crippen LogP contribution is 2.43. The topological polar surface area (TPSA) is 49.3 Å². The zero-order valence-corrected chi connectivity index (χ0v) is 34.7. The van der Waals surface area contributed by atoms with Crippen LogP contribution in [-0.4, -0.2) is 9.13 Å². The highest BCUT2D eigenvalue weighted by molar-refractivity contribution is 6.20. The van der Waals surface area contributed by atoms with Gasteiger partial charge >= 0.3 is 0 Å². The average molecular weight is 831 g/mol. The van der Waals surface area contributed by atoms with Crippen LogP contribution in [0.3, 0.4) is 0 Å². The minimum absolute atomic E-state index is 0.870. The lowest BCUT2D eigenvalue weighted by molar-refractivity contribution is 0.668. The summed E-state index contributed by atoms with van der Waals surface area (Å²) in [5, 5.41) is 11.4. The lowest BCUT2D eigenvalue weighted by Crippen LogP contribution is -1.93. The van der Waals surface area contributed by atoms with E-state index in [0.29, 0.717) is 0 Å². The van der Waals surface area contributed by atoms with Gasteiger partial charge in [-0.15, -0.1) is 0 Å². The standard InChI is InChI=1S/C60H34N2O3/c1-3-11-39(12-4-1)61-51-23-19-35(27-43(51)45-31-49-41-15-7-9-17-55(41)64-59(49)33-53(45)61)37-21-25-57-47(29-37)48-30-38(22-26-58(48)63-57)36-20-24-52-44(28-36)46-32-50-42-16-8-10-18-56(42)65-60(50)34-54(46)62(52)40-13-5-2-6-14-40/h1-34H. The minimum atomic E-state index is 0.870. The van der Waals surface area contributed by atoms with Crippen molar-refractivity contribution in [2.75, 3.05) is 0 Å². The molecule has 0 aliphatic heterocycles. The van der Waals surface area contributed by atoms with E-state index >= 15 is 0 Å². The maximum Gasteiger partial charge on any atom is 0.137 e. The lowest BCUT2D eigenvalue weighted by atomic mass is 9.98. The molecule has 0 saturated carbocycles. The highest BCUT2D eigenvalue weighted by Gasteiger charge is 2.20. The fourth-order valence-electron chi connectivity index (χ4n) is 10.7. The molecule has 5 nitrogen and oxygen atoms in total. The molecule has 302 valence electrons. The van der Waals surface area contributed by atoms with E-state index in [1.807, 2.05) is 24.3 Å². The van der Waals surface area contributed by atoms with Crippen molar-refractivity contribution in [2.45, 2.75) is 0 Å². The van der Waals surface area contributed by atoms with Gasteiger partial charge < -0.3 is 22.4 Å². The Kier molecular flexibility index (Phi) is 6.89. The van der Waals surface area contributed by atoms with Crippen LogP contribution in [0.15, 0.2) is 220 Å². The maximum absolute atomic E-state index is 6.51. The average Bonchev–Trinajstić information content (AvgIpc) is 4.16. The maximum atomic E-state index is 6.51. The van der Waals surface area contributed by atoms with Crippen molar-refractivity contribution >= 4 is 109 Å². The summed E-state index contributed by atoms with van der Waals surface area (Å²) in [4.78, 5) is 0. The van der Waals surface area contributed by atoms with Gasteiger partial charge in [-0.1, -0.05) is 97.1 Å². The molecule has 5 aromatic heterocycles. The summed E-state index contributed by atoms with van der Waals surface area (Å²) in [5.74, 6) is 0. The third-order valence-electron chi connectivity index (χ3n) is 13.7. The number of para-hydroxylation sites is 4. The first kappa shape index (κ1) is 34.7. The Morgan fingerprint density at radius 1 is 0.215 bits per heavy atom. The molecular formula is C60H34N2O3. The summed E-state index contributed by atoms with van der Waals surface area (Å²) in [6, 6.07) is 73.7. The third-order valence-corrected chi connectivity index (χ3v) is 13.7. The number of hydrogen-bond donors (Lipinski definition) is 0. The highest BCUT2D eigenvalue weighted by atomic mass is 16.3. The molecule has 0 amide bonds. The molecule has 0 fully saturated rings. The predicted octanol–water partition coefficient (Wildman–Crippen LogP) is 16.9. The van der Waals surface area contributed by atoms with E-state index in [2.05, 4.69) is 191 Å². The van der Waals surface area contributed by atoms with E-state index in [9.17, 15) is 0 Å². The Hall–Kier alpha value is -8.80. The molecule has 15 aromatic rings. The molecule has 0 bridgehead atoms. The van der Waals surface area contributed by atoms with Crippen molar-refractivity contribution in [2.24, 2.45) is 0 Å². The van der Waals surface area contributed by atoms with Crippen LogP contribution in [0.4, 0.5) is 0 Å². The lowest BCUT2D eigenvalue weighted by Gasteiger charge is -2.08. The largest absolute Gasteiger partial charge is 0.456 e. The molecular weight excluding hydrogens is 797 g/mol. The Labute approximate surface area is 370 Å². The SMILES string of the molecule is c1ccc(-n2c3ccc(-c4ccc5oc6ccc(-c7ccc8c(c7)c7cc9c(cc7n8-c7ccccc7)oc7ccccc79)cc6c5c4)cc3c3cc4c(cc32)oc2ccccc24)cc1. The zero-order valence-electron chi connectivity index (χ0n) is 34.7. The zero-order chi connectivity index (χ0) is 42.3. The van der Waals surface area contributed by atoms with Gasteiger partial charge in [0.25, 0.3) is 0 Å². The van der Waals surface area contributed by atoms with Crippen molar-refractivity contribution in [3.8, 4) is 33.6 Å². The van der Waals surface area contributed by atoms with E-state index in [0.717, 1.165) is 122 Å². The molecule has 0 N–H and O–H groups in total. The summed E-state index contributed by atoms with van der Waals surface area (Å²) >= 11 is 0. The van der Waals surface area contributed by atoms with E-state index in [1.54, 1.807) is 0 Å². The van der Waals surface area contributed by atoms with Gasteiger partial charge in [0.05, 0.1) is 22.1 Å². The normalized spacial score (nSPS) is 12.3. The van der Waals surface area contributed by atoms with Crippen LogP contribution in [-0.2, 0) is 0 Å². The van der Waals surface area contributed by atoms with Crippen molar-refractivity contribution < 1.29 is 13.3 Å². The number of rotatable bonds is 4. The Morgan fingerprint density at radius 3 is 1.02 bits per heavy atom. The summed E-state index contributed by atoms with van der Waals surface area (Å²) in [6.45, 7) is 0. The molecule has 5 heteroatoms. The third kappa shape index (κ3) is 4.98. The Bertz CT molecular complexity index is 4180. The van der Waals surface area contributed by atoms with Crippen LogP contribution in [0.1, 0.15) is 0 Å². The summed E-state index contributed by atoms with van der Waals surface area (Å²) in [5.41, 5.74) is 16.6. The van der Waals surface area contributed by atoms with Crippen LogP contribution in [0.25, 0.3) is 143 Å². The van der Waals surface area contributed by atoms with Gasteiger partial charge in [-0.3, -0.25) is 0 Å². The van der Waals surface area contributed by atoms with Crippen LogP contribution >= 0.6 is 0 Å². The second kappa shape index (κ2) is 12.9. The minimum Gasteiger partial charge on any atom is -0.456 e. The summed E-state index contributed by atoms with van der Waals surface area (Å²) in [6.07, 6.45) is 0. The molecule has 0 atom stereocenters. The molecule has 65 heavy (non-hydrogen) atoms. The van der Waals surface area contributed by atoms with Crippen LogP contribution < -0.4 is 0 Å². The van der Waals surface area contributed by atoms with Crippen LogP contribution in [0.5, 0.6) is 0 Å². The first-order valence-electron chi connectivity index (χ1n) is 22.1. The second-order valence-electron chi connectivity index (χ2n) is 17.3. The molecule has 0 aliphatic carbocycles. The number of furan rings is 3. The number of benzene rings is 10. The van der Waals surface area contributed by atoms with E-state index in [1.165, 1.54) is 21.5 Å². The monoisotopic (exact) mass is 830 g/mol. The summed E-state index contributed by atoms with van der Waals surface area (Å²) in [7, 11) is 0. The van der Waals surface area contributed by atoms with Crippen LogP contribution in [0.2, 0.25) is 0 Å². The Balaban J connectivity index is 0.893. The number of aromatic nitrogens is 2. The number of fused-ring (bicyclic) bond motifs is 15. The van der Waals surface area contributed by atoms with Crippen molar-refractivity contribution in [3.05, 3.63) is 206 Å². The van der Waals surface area contributed by atoms with Gasteiger partial charge in [0.1, 0.15) is 33.5 Å². The van der Waals surface area contributed by atoms with Gasteiger partial charge in [-0.05, 0) is 119 Å². The van der Waals surface area contributed by atoms with Gasteiger partial charge in [-0.25, -0.2) is 0 Å². The second-order valence-corrected chi connectivity index (χ2v) is 17.3. The van der Waals surface area contributed by atoms with Crippen molar-refractivity contribution in [3.63, 3.8) is 0 Å². The molecule has 0 spiro atoms. The number of hydrogen-bond acceptors (Lipinski definition) is 3. The fourth-order valence-corrected chi connectivity index (χ4v) is 10.7. The molecule has 5 heterocycles. The molecule has 0 aliphatic rings. The molecule has 0 radical (unpaired) electrons. The van der Waals surface area contributed by atoms with E-state index in [4.69, 9.17) is 13.3 Å². The smallest absolute Gasteiger partial charge is 0.137 e. The first-order valence-corrected chi connectivity index (χ1v) is 22.1. The summed E-state index contributed by atoms with van der Waals surface area (Å²) < 4.78 is 24.0. The van der Waals surface area contributed by atoms with Gasteiger partial charge in [0, 0.05) is 77.4 Å². The van der Waals surface area contributed by atoms with Gasteiger partial charge in [-0.2, -0.15) is 0 Å². The first-order chi connectivity index (χ1) is 32.2. The van der Waals surface area contributed by atoms with Crippen LogP contribution in [0, 0.1) is 0 Å². The van der Waals surface area contributed by atoms with Gasteiger partial charge in [0.2, 0.25) is 0 Å². The quantitative estimate of drug-likeness (QED) is 0.177.